The standard InChI is InChI=1S/C8H15N3O3S/c1-4-7(5-9)15(13,14)11(3)6-8(12)10-2/h7H,4,6H2,1-3H3,(H,10,12). The van der Waals surface area contributed by atoms with Gasteiger partial charge in [0, 0.05) is 14.1 Å². The summed E-state index contributed by atoms with van der Waals surface area (Å²) in [5.74, 6) is -0.408. The molecule has 0 aliphatic rings. The predicted octanol–water partition coefficient (Wildman–Crippen LogP) is -0.704. The monoisotopic (exact) mass is 233 g/mol. The third-order valence-corrected chi connectivity index (χ3v) is 4.11. The number of hydrogen-bond acceptors (Lipinski definition) is 4. The van der Waals surface area contributed by atoms with E-state index >= 15 is 0 Å². The Hall–Kier alpha value is -1.13. The lowest BCUT2D eigenvalue weighted by molar-refractivity contribution is -0.120. The Morgan fingerprint density at radius 2 is 2.13 bits per heavy atom. The van der Waals surface area contributed by atoms with Crippen molar-refractivity contribution >= 4 is 15.9 Å². The number of carbonyl (C=O) groups is 1. The molecule has 0 spiro atoms. The molecule has 0 bridgehead atoms. The van der Waals surface area contributed by atoms with E-state index in [0.717, 1.165) is 4.31 Å². The number of carbonyl (C=O) groups excluding carboxylic acids is 1. The van der Waals surface area contributed by atoms with E-state index in [1.54, 1.807) is 13.0 Å². The number of rotatable bonds is 5. The first kappa shape index (κ1) is 13.9. The summed E-state index contributed by atoms with van der Waals surface area (Å²) in [6.45, 7) is 1.34. The van der Waals surface area contributed by atoms with Gasteiger partial charge in [0.25, 0.3) is 0 Å². The molecule has 0 saturated heterocycles. The second-order valence-electron chi connectivity index (χ2n) is 3.00. The topological polar surface area (TPSA) is 90.3 Å². The summed E-state index contributed by atoms with van der Waals surface area (Å²) in [6.07, 6.45) is 0.205. The van der Waals surface area contributed by atoms with Gasteiger partial charge < -0.3 is 5.32 Å². The molecule has 0 aromatic heterocycles. The zero-order chi connectivity index (χ0) is 12.1. The van der Waals surface area contributed by atoms with Crippen LogP contribution < -0.4 is 5.32 Å². The van der Waals surface area contributed by atoms with Gasteiger partial charge in [0.1, 0.15) is 0 Å². The van der Waals surface area contributed by atoms with Gasteiger partial charge in [0.15, 0.2) is 5.25 Å². The molecular formula is C8H15N3O3S. The first-order valence-electron chi connectivity index (χ1n) is 4.45. The lowest BCUT2D eigenvalue weighted by Gasteiger charge is -2.18. The Kier molecular flexibility index (Phi) is 5.25. The molecule has 0 saturated carbocycles. The number of nitrogens with one attached hydrogen (secondary N) is 1. The SMILES string of the molecule is CCC(C#N)S(=O)(=O)N(C)CC(=O)NC. The minimum Gasteiger partial charge on any atom is -0.358 e. The Balaban J connectivity index is 4.75. The van der Waals surface area contributed by atoms with Crippen molar-refractivity contribution in [3.63, 3.8) is 0 Å². The molecule has 1 N–H and O–H groups in total. The van der Waals surface area contributed by atoms with E-state index in [9.17, 15) is 13.2 Å². The molecule has 0 aliphatic heterocycles. The van der Waals surface area contributed by atoms with Gasteiger partial charge in [0.05, 0.1) is 12.6 Å². The summed E-state index contributed by atoms with van der Waals surface area (Å²) in [6, 6.07) is 1.70. The van der Waals surface area contributed by atoms with Crippen molar-refractivity contribution in [2.45, 2.75) is 18.6 Å². The molecule has 0 aromatic carbocycles. The molecule has 0 aliphatic carbocycles. The lowest BCUT2D eigenvalue weighted by Crippen LogP contribution is -2.41. The number of nitrogens with zero attached hydrogens (tertiary/aromatic N) is 2. The third kappa shape index (κ3) is 3.49. The number of sulfonamides is 1. The second-order valence-corrected chi connectivity index (χ2v) is 5.22. The molecule has 0 rings (SSSR count). The van der Waals surface area contributed by atoms with Crippen LogP contribution in [0.15, 0.2) is 0 Å². The fraction of sp³-hybridized carbons (Fsp3) is 0.750. The van der Waals surface area contributed by atoms with E-state index in [4.69, 9.17) is 5.26 Å². The first-order chi connectivity index (χ1) is 6.89. The molecule has 0 fully saturated rings. The Morgan fingerprint density at radius 3 is 2.47 bits per heavy atom. The summed E-state index contributed by atoms with van der Waals surface area (Å²) in [4.78, 5) is 11.0. The number of likely N-dealkylation sites (N-methyl/N-ethyl adjacent to an activating group) is 2. The van der Waals surface area contributed by atoms with Crippen LogP contribution in [0.4, 0.5) is 0 Å². The zero-order valence-corrected chi connectivity index (χ0v) is 9.84. The van der Waals surface area contributed by atoms with Gasteiger partial charge in [0.2, 0.25) is 15.9 Å². The quantitative estimate of drug-likeness (QED) is 0.679. The highest BCUT2D eigenvalue weighted by atomic mass is 32.2. The van der Waals surface area contributed by atoms with Crippen LogP contribution in [0.2, 0.25) is 0 Å². The van der Waals surface area contributed by atoms with Crippen LogP contribution >= 0.6 is 0 Å². The maximum atomic E-state index is 11.7. The lowest BCUT2D eigenvalue weighted by atomic mass is 10.4. The van der Waals surface area contributed by atoms with E-state index in [-0.39, 0.29) is 13.0 Å². The molecule has 15 heavy (non-hydrogen) atoms. The van der Waals surface area contributed by atoms with Crippen molar-refractivity contribution in [2.75, 3.05) is 20.6 Å². The van der Waals surface area contributed by atoms with Crippen molar-refractivity contribution in [1.82, 2.24) is 9.62 Å². The van der Waals surface area contributed by atoms with Crippen LogP contribution in [0.5, 0.6) is 0 Å². The van der Waals surface area contributed by atoms with Gasteiger partial charge in [-0.05, 0) is 6.42 Å². The molecular weight excluding hydrogens is 218 g/mol. The highest BCUT2D eigenvalue weighted by Crippen LogP contribution is 2.09. The minimum atomic E-state index is -3.69. The van der Waals surface area contributed by atoms with E-state index in [1.807, 2.05) is 0 Å². The summed E-state index contributed by atoms with van der Waals surface area (Å²) < 4.78 is 24.2. The van der Waals surface area contributed by atoms with Crippen molar-refractivity contribution < 1.29 is 13.2 Å². The smallest absolute Gasteiger partial charge is 0.235 e. The van der Waals surface area contributed by atoms with Gasteiger partial charge in [-0.25, -0.2) is 8.42 Å². The first-order valence-corrected chi connectivity index (χ1v) is 5.95. The summed E-state index contributed by atoms with van der Waals surface area (Å²) >= 11 is 0. The zero-order valence-electron chi connectivity index (χ0n) is 9.02. The average molecular weight is 233 g/mol. The Morgan fingerprint density at radius 1 is 1.60 bits per heavy atom. The molecule has 86 valence electrons. The highest BCUT2D eigenvalue weighted by molar-refractivity contribution is 7.90. The number of nitriles is 1. The molecule has 0 radical (unpaired) electrons. The molecule has 1 unspecified atom stereocenters. The van der Waals surface area contributed by atoms with Crippen LogP contribution in [0, 0.1) is 11.3 Å². The van der Waals surface area contributed by atoms with Crippen LogP contribution in [0.3, 0.4) is 0 Å². The van der Waals surface area contributed by atoms with E-state index in [0.29, 0.717) is 0 Å². The average Bonchev–Trinajstić information content (AvgIpc) is 2.18. The normalized spacial score (nSPS) is 13.3. The van der Waals surface area contributed by atoms with Crippen LogP contribution in [0.25, 0.3) is 0 Å². The third-order valence-electron chi connectivity index (χ3n) is 1.95. The largest absolute Gasteiger partial charge is 0.358 e. The second kappa shape index (κ2) is 5.68. The van der Waals surface area contributed by atoms with E-state index < -0.39 is 21.2 Å². The fourth-order valence-corrected chi connectivity index (χ4v) is 2.24. The van der Waals surface area contributed by atoms with Crippen molar-refractivity contribution in [1.29, 1.82) is 5.26 Å². The Labute approximate surface area is 89.9 Å². The van der Waals surface area contributed by atoms with E-state index in [2.05, 4.69) is 5.32 Å². The van der Waals surface area contributed by atoms with Gasteiger partial charge in [-0.2, -0.15) is 9.57 Å². The van der Waals surface area contributed by atoms with Crippen molar-refractivity contribution in [2.24, 2.45) is 0 Å². The molecule has 1 amide bonds. The van der Waals surface area contributed by atoms with Gasteiger partial charge >= 0.3 is 0 Å². The Bertz CT molecular complexity index is 358. The van der Waals surface area contributed by atoms with Crippen LogP contribution in [-0.2, 0) is 14.8 Å². The molecule has 7 heteroatoms. The molecule has 1 atom stereocenters. The highest BCUT2D eigenvalue weighted by Gasteiger charge is 2.29. The maximum Gasteiger partial charge on any atom is 0.235 e. The van der Waals surface area contributed by atoms with Crippen molar-refractivity contribution in [3.8, 4) is 6.07 Å². The summed E-state index contributed by atoms with van der Waals surface area (Å²) in [5.41, 5.74) is 0. The van der Waals surface area contributed by atoms with E-state index in [1.165, 1.54) is 14.1 Å². The van der Waals surface area contributed by atoms with Crippen LogP contribution in [0.1, 0.15) is 13.3 Å². The fourth-order valence-electron chi connectivity index (χ4n) is 0.957. The maximum absolute atomic E-state index is 11.7. The molecule has 0 aromatic rings. The minimum absolute atomic E-state index is 0.205. The summed E-state index contributed by atoms with van der Waals surface area (Å²) in [5, 5.41) is 9.87. The molecule has 0 heterocycles. The van der Waals surface area contributed by atoms with Crippen LogP contribution in [-0.4, -0.2) is 44.5 Å². The molecule has 6 nitrogen and oxygen atoms in total. The number of hydrogen-bond donors (Lipinski definition) is 1. The predicted molar refractivity (Wildman–Crippen MR) is 55.3 cm³/mol. The van der Waals surface area contributed by atoms with Gasteiger partial charge in [-0.1, -0.05) is 6.92 Å². The van der Waals surface area contributed by atoms with Crippen molar-refractivity contribution in [3.05, 3.63) is 0 Å². The van der Waals surface area contributed by atoms with Gasteiger partial charge in [-0.15, -0.1) is 0 Å². The number of amides is 1. The summed E-state index contributed by atoms with van der Waals surface area (Å²) in [7, 11) is -0.992. The van der Waals surface area contributed by atoms with Gasteiger partial charge in [-0.3, -0.25) is 4.79 Å².